The molecule has 1 fully saturated rings. The standard InChI is InChI=1S/C22H29BN4O3/c1-21(2)22(3,4)30-23(29-21)16-10-8-15(9-11-16)17-13-25-20(26-17)18-7-6-12-27(18)19(28)14-24-5/h6-11,13,18,24H,12,14H2,1-5H3,(H,25,26)/t18-/m0/s1. The van der Waals surface area contributed by atoms with E-state index in [9.17, 15) is 4.79 Å². The molecule has 30 heavy (non-hydrogen) atoms. The molecule has 1 saturated heterocycles. The van der Waals surface area contributed by atoms with Crippen LogP contribution in [0.4, 0.5) is 0 Å². The molecule has 4 rings (SSSR count). The number of aromatic nitrogens is 2. The third kappa shape index (κ3) is 3.71. The normalized spacial score (nSPS) is 22.1. The second kappa shape index (κ2) is 7.69. The Bertz CT molecular complexity index is 936. The van der Waals surface area contributed by atoms with Crippen molar-refractivity contribution in [2.45, 2.75) is 44.9 Å². The monoisotopic (exact) mass is 408 g/mol. The highest BCUT2D eigenvalue weighted by molar-refractivity contribution is 6.62. The number of H-pyrrole nitrogens is 1. The lowest BCUT2D eigenvalue weighted by molar-refractivity contribution is -0.130. The maximum absolute atomic E-state index is 12.3. The van der Waals surface area contributed by atoms with Crippen LogP contribution >= 0.6 is 0 Å². The Balaban J connectivity index is 1.49. The molecule has 1 aromatic carbocycles. The number of nitrogens with zero attached hydrogens (tertiary/aromatic N) is 2. The fraction of sp³-hybridized carbons (Fsp3) is 0.455. The van der Waals surface area contributed by atoms with Crippen LogP contribution in [0.5, 0.6) is 0 Å². The van der Waals surface area contributed by atoms with E-state index in [1.807, 2.05) is 42.6 Å². The zero-order chi connectivity index (χ0) is 21.5. The molecule has 2 aliphatic heterocycles. The van der Waals surface area contributed by atoms with Crippen molar-refractivity contribution in [3.63, 3.8) is 0 Å². The first-order valence-corrected chi connectivity index (χ1v) is 10.3. The number of carbonyl (C=O) groups excluding carboxylic acids is 1. The van der Waals surface area contributed by atoms with Gasteiger partial charge in [0.25, 0.3) is 0 Å². The number of benzene rings is 1. The average Bonchev–Trinajstić information content (AvgIpc) is 3.40. The molecule has 7 nitrogen and oxygen atoms in total. The lowest BCUT2D eigenvalue weighted by Gasteiger charge is -2.32. The van der Waals surface area contributed by atoms with Crippen molar-refractivity contribution in [3.05, 3.63) is 48.4 Å². The molecular weight excluding hydrogens is 379 g/mol. The quantitative estimate of drug-likeness (QED) is 0.585. The predicted octanol–water partition coefficient (Wildman–Crippen LogP) is 2.03. The largest absolute Gasteiger partial charge is 0.494 e. The second-order valence-electron chi connectivity index (χ2n) is 8.84. The lowest BCUT2D eigenvalue weighted by Crippen LogP contribution is -2.41. The van der Waals surface area contributed by atoms with Gasteiger partial charge in [0.15, 0.2) is 0 Å². The maximum Gasteiger partial charge on any atom is 0.494 e. The van der Waals surface area contributed by atoms with E-state index in [-0.39, 0.29) is 30.3 Å². The Hall–Kier alpha value is -2.42. The summed E-state index contributed by atoms with van der Waals surface area (Å²) in [5.41, 5.74) is 2.19. The van der Waals surface area contributed by atoms with Gasteiger partial charge in [-0.05, 0) is 45.8 Å². The second-order valence-corrected chi connectivity index (χ2v) is 8.84. The summed E-state index contributed by atoms with van der Waals surface area (Å²) in [7, 11) is 1.39. The van der Waals surface area contributed by atoms with Crippen molar-refractivity contribution in [3.8, 4) is 11.3 Å². The van der Waals surface area contributed by atoms with E-state index in [1.165, 1.54) is 0 Å². The zero-order valence-electron chi connectivity index (χ0n) is 18.2. The van der Waals surface area contributed by atoms with Crippen LogP contribution in [0.1, 0.15) is 39.6 Å². The van der Waals surface area contributed by atoms with Crippen LogP contribution in [0.3, 0.4) is 0 Å². The van der Waals surface area contributed by atoms with Crippen molar-refractivity contribution in [1.82, 2.24) is 20.2 Å². The van der Waals surface area contributed by atoms with Gasteiger partial charge in [0, 0.05) is 6.54 Å². The van der Waals surface area contributed by atoms with Crippen LogP contribution in [-0.2, 0) is 14.1 Å². The van der Waals surface area contributed by atoms with E-state index >= 15 is 0 Å². The van der Waals surface area contributed by atoms with E-state index in [0.29, 0.717) is 13.1 Å². The number of hydrogen-bond donors (Lipinski definition) is 2. The van der Waals surface area contributed by atoms with Crippen LogP contribution in [-0.4, -0.2) is 59.2 Å². The fourth-order valence-electron chi connectivity index (χ4n) is 3.70. The van der Waals surface area contributed by atoms with Gasteiger partial charge in [-0.1, -0.05) is 36.4 Å². The van der Waals surface area contributed by atoms with E-state index in [0.717, 1.165) is 22.5 Å². The summed E-state index contributed by atoms with van der Waals surface area (Å²) in [5.74, 6) is 0.815. The summed E-state index contributed by atoms with van der Waals surface area (Å²) >= 11 is 0. The smallest absolute Gasteiger partial charge is 0.399 e. The van der Waals surface area contributed by atoms with Crippen molar-refractivity contribution >= 4 is 18.5 Å². The van der Waals surface area contributed by atoms with Gasteiger partial charge in [-0.25, -0.2) is 4.98 Å². The van der Waals surface area contributed by atoms with Crippen LogP contribution in [0, 0.1) is 0 Å². The minimum absolute atomic E-state index is 0.0530. The summed E-state index contributed by atoms with van der Waals surface area (Å²) in [6.07, 6.45) is 5.82. The van der Waals surface area contributed by atoms with Crippen molar-refractivity contribution in [2.24, 2.45) is 0 Å². The van der Waals surface area contributed by atoms with Gasteiger partial charge in [0.2, 0.25) is 5.91 Å². The number of aromatic amines is 1. The van der Waals surface area contributed by atoms with Gasteiger partial charge in [0.05, 0.1) is 29.6 Å². The third-order valence-electron chi connectivity index (χ3n) is 6.23. The molecule has 158 valence electrons. The number of carbonyl (C=O) groups is 1. The highest BCUT2D eigenvalue weighted by atomic mass is 16.7. The van der Waals surface area contributed by atoms with Crippen molar-refractivity contribution < 1.29 is 14.1 Å². The van der Waals surface area contributed by atoms with Crippen molar-refractivity contribution in [2.75, 3.05) is 20.1 Å². The summed E-state index contributed by atoms with van der Waals surface area (Å²) in [6.45, 7) is 9.12. The van der Waals surface area contributed by atoms with E-state index < -0.39 is 0 Å². The molecule has 3 heterocycles. The number of rotatable bonds is 5. The fourth-order valence-corrected chi connectivity index (χ4v) is 3.70. The van der Waals surface area contributed by atoms with E-state index in [1.54, 1.807) is 11.9 Å². The Labute approximate surface area is 178 Å². The Morgan fingerprint density at radius 2 is 1.90 bits per heavy atom. The molecule has 1 amide bonds. The van der Waals surface area contributed by atoms with Crippen LogP contribution in [0.25, 0.3) is 11.3 Å². The number of hydrogen-bond acceptors (Lipinski definition) is 5. The van der Waals surface area contributed by atoms with Crippen LogP contribution in [0.2, 0.25) is 0 Å². The number of imidazole rings is 1. The van der Waals surface area contributed by atoms with Gasteiger partial charge in [-0.3, -0.25) is 4.79 Å². The molecule has 0 unspecified atom stereocenters. The first kappa shape index (κ1) is 20.8. The highest BCUT2D eigenvalue weighted by Gasteiger charge is 2.51. The Kier molecular flexibility index (Phi) is 5.34. The van der Waals surface area contributed by atoms with Gasteiger partial charge in [-0.2, -0.15) is 0 Å². The third-order valence-corrected chi connectivity index (χ3v) is 6.23. The van der Waals surface area contributed by atoms with Gasteiger partial charge in [0.1, 0.15) is 11.9 Å². The van der Waals surface area contributed by atoms with Gasteiger partial charge < -0.3 is 24.5 Å². The molecule has 0 spiro atoms. The molecule has 0 radical (unpaired) electrons. The van der Waals surface area contributed by atoms with Gasteiger partial charge >= 0.3 is 7.12 Å². The molecule has 0 saturated carbocycles. The highest BCUT2D eigenvalue weighted by Crippen LogP contribution is 2.36. The minimum atomic E-state index is -0.378. The molecule has 1 aromatic heterocycles. The van der Waals surface area contributed by atoms with Crippen LogP contribution in [0.15, 0.2) is 42.6 Å². The minimum Gasteiger partial charge on any atom is -0.399 e. The molecule has 0 bridgehead atoms. The van der Waals surface area contributed by atoms with Crippen molar-refractivity contribution in [1.29, 1.82) is 0 Å². The predicted molar refractivity (Wildman–Crippen MR) is 117 cm³/mol. The topological polar surface area (TPSA) is 79.5 Å². The summed E-state index contributed by atoms with van der Waals surface area (Å²) in [4.78, 5) is 22.0. The number of nitrogens with one attached hydrogen (secondary N) is 2. The molecule has 8 heteroatoms. The molecule has 2 N–H and O–H groups in total. The molecule has 2 aliphatic rings. The number of amides is 1. The SMILES string of the molecule is CNCC(=O)N1CC=C[C@H]1c1ncc(-c2ccc(B3OC(C)(C)C(C)(C)O3)cc2)[nH]1. The average molecular weight is 408 g/mol. The van der Waals surface area contributed by atoms with Gasteiger partial charge in [-0.15, -0.1) is 0 Å². The number of likely N-dealkylation sites (N-methyl/N-ethyl adjacent to an activating group) is 1. The summed E-state index contributed by atoms with van der Waals surface area (Å²) in [6, 6.07) is 7.95. The lowest BCUT2D eigenvalue weighted by atomic mass is 9.79. The Morgan fingerprint density at radius 1 is 1.23 bits per heavy atom. The molecule has 1 atom stereocenters. The molecular formula is C22H29BN4O3. The first-order valence-electron chi connectivity index (χ1n) is 10.3. The molecule has 2 aromatic rings. The van der Waals surface area contributed by atoms with Crippen LogP contribution < -0.4 is 10.8 Å². The van der Waals surface area contributed by atoms with E-state index in [4.69, 9.17) is 9.31 Å². The first-order chi connectivity index (χ1) is 14.2. The molecule has 0 aliphatic carbocycles. The van der Waals surface area contributed by atoms with E-state index in [2.05, 4.69) is 43.0 Å². The maximum atomic E-state index is 12.3. The summed E-state index contributed by atoms with van der Waals surface area (Å²) in [5, 5.41) is 2.92. The Morgan fingerprint density at radius 3 is 2.53 bits per heavy atom. The zero-order valence-corrected chi connectivity index (χ0v) is 18.2. The summed E-state index contributed by atoms with van der Waals surface area (Å²) < 4.78 is 12.3.